The molecule has 0 saturated heterocycles. The Morgan fingerprint density at radius 1 is 0.613 bits per heavy atom. The van der Waals surface area contributed by atoms with E-state index in [2.05, 4.69) is 224 Å². The number of aryl methyl sites for hydroxylation is 1. The van der Waals surface area contributed by atoms with E-state index in [1.807, 2.05) is 0 Å². The molecule has 0 fully saturated rings. The molecule has 304 valence electrons. The van der Waals surface area contributed by atoms with Gasteiger partial charge in [0.05, 0.1) is 16.7 Å². The van der Waals surface area contributed by atoms with Gasteiger partial charge in [0.2, 0.25) is 0 Å². The van der Waals surface area contributed by atoms with Crippen molar-refractivity contribution < 1.29 is 0 Å². The van der Waals surface area contributed by atoms with Crippen LogP contribution in [0.1, 0.15) is 80.7 Å². The summed E-state index contributed by atoms with van der Waals surface area (Å²) in [6.45, 7) is 9.30. The summed E-state index contributed by atoms with van der Waals surface area (Å²) in [6.07, 6.45) is 23.7. The van der Waals surface area contributed by atoms with Crippen LogP contribution in [0.2, 0.25) is 0 Å². The number of benzene rings is 6. The molecule has 11 rings (SSSR count). The smallest absolute Gasteiger partial charge is 0.0583 e. The van der Waals surface area contributed by atoms with Gasteiger partial charge in [0.25, 0.3) is 0 Å². The highest BCUT2D eigenvalue weighted by molar-refractivity contribution is 6.14. The first-order valence-corrected chi connectivity index (χ1v) is 22.5. The molecule has 3 heteroatoms. The van der Waals surface area contributed by atoms with E-state index in [4.69, 9.17) is 0 Å². The van der Waals surface area contributed by atoms with Crippen LogP contribution in [0.3, 0.4) is 0 Å². The van der Waals surface area contributed by atoms with E-state index in [-0.39, 0.29) is 5.41 Å². The van der Waals surface area contributed by atoms with Crippen molar-refractivity contribution in [2.45, 2.75) is 65.2 Å². The fourth-order valence-electron chi connectivity index (χ4n) is 10.3. The van der Waals surface area contributed by atoms with E-state index in [0.29, 0.717) is 5.92 Å². The van der Waals surface area contributed by atoms with Crippen LogP contribution in [-0.2, 0) is 5.41 Å². The quantitative estimate of drug-likeness (QED) is 0.152. The van der Waals surface area contributed by atoms with Crippen LogP contribution in [0.4, 0.5) is 22.7 Å². The van der Waals surface area contributed by atoms with Crippen molar-refractivity contribution in [2.24, 2.45) is 5.92 Å². The zero-order valence-electron chi connectivity index (χ0n) is 36.3. The average molecular weight is 804 g/mol. The van der Waals surface area contributed by atoms with Gasteiger partial charge in [-0.3, -0.25) is 0 Å². The van der Waals surface area contributed by atoms with E-state index < -0.39 is 0 Å². The maximum Gasteiger partial charge on any atom is 0.0583 e. The molecule has 1 atom stereocenters. The standard InChI is InChI=1S/C59H53N3/c1-40-19-27-46(28-20-40)60(48-31-23-44(24-32-48)42-13-7-5-8-14-42)50-35-36-56-52(37-50)53-38-51(39-55-58(53)62(56)57-18-12-11-17-54(57)59(55,3)4)61(47-29-21-41(2)22-30-47)49-33-25-45(26-34-49)43-15-9-6-10-16-43/h5-7,9-13,15-19,21-25,27-33,35-40H,8,14,20,26,34H2,1-4H3. The third-order valence-electron chi connectivity index (χ3n) is 13.8. The molecular weight excluding hydrogens is 751 g/mol. The van der Waals surface area contributed by atoms with Crippen molar-refractivity contribution in [3.05, 3.63) is 221 Å². The SMILES string of the molecule is Cc1ccc(N(C2=CC=C(c3ccccc3)CC2)c2cc3c4c(c2)c2cc(N(C5=CCC(C)C=C5)c5ccc(C6=CC=CCC6)cc5)ccc2n4-c2ccccc2C3(C)C)cc1. The van der Waals surface area contributed by atoms with E-state index in [9.17, 15) is 0 Å². The van der Waals surface area contributed by atoms with Gasteiger partial charge in [-0.1, -0.05) is 136 Å². The summed E-state index contributed by atoms with van der Waals surface area (Å²) in [5, 5.41) is 2.54. The minimum absolute atomic E-state index is 0.232. The molecule has 7 aromatic rings. The molecule has 2 heterocycles. The highest BCUT2D eigenvalue weighted by atomic mass is 15.2. The Kier molecular flexibility index (Phi) is 9.38. The molecule has 0 N–H and O–H groups in total. The molecule has 3 nitrogen and oxygen atoms in total. The Labute approximate surface area is 366 Å². The van der Waals surface area contributed by atoms with Crippen molar-refractivity contribution >= 4 is 55.7 Å². The molecule has 0 amide bonds. The van der Waals surface area contributed by atoms with Crippen LogP contribution in [-0.4, -0.2) is 4.57 Å². The molecule has 1 aromatic heterocycles. The van der Waals surface area contributed by atoms with Gasteiger partial charge in [0.1, 0.15) is 0 Å². The summed E-state index contributed by atoms with van der Waals surface area (Å²) < 4.78 is 2.55. The first-order chi connectivity index (χ1) is 30.3. The Balaban J connectivity index is 1.13. The van der Waals surface area contributed by atoms with Gasteiger partial charge in [-0.2, -0.15) is 0 Å². The highest BCUT2D eigenvalue weighted by Gasteiger charge is 2.36. The van der Waals surface area contributed by atoms with E-state index in [0.717, 1.165) is 37.8 Å². The van der Waals surface area contributed by atoms with Crippen LogP contribution in [0.5, 0.6) is 0 Å². The molecule has 0 radical (unpaired) electrons. The first kappa shape index (κ1) is 38.1. The van der Waals surface area contributed by atoms with Crippen LogP contribution in [0.15, 0.2) is 193 Å². The van der Waals surface area contributed by atoms with Crippen molar-refractivity contribution in [1.82, 2.24) is 4.57 Å². The second kappa shape index (κ2) is 15.3. The molecule has 4 aliphatic rings. The average Bonchev–Trinajstić information content (AvgIpc) is 3.64. The number of allylic oxidation sites excluding steroid dienone is 11. The zero-order valence-corrected chi connectivity index (χ0v) is 36.3. The van der Waals surface area contributed by atoms with E-state index in [1.165, 1.54) is 94.9 Å². The fraction of sp³-hybridized carbons (Fsp3) is 0.186. The lowest BCUT2D eigenvalue weighted by Crippen LogP contribution is -2.27. The predicted molar refractivity (Wildman–Crippen MR) is 264 cm³/mol. The number of hydrogen-bond acceptors (Lipinski definition) is 2. The molecule has 0 saturated carbocycles. The largest absolute Gasteiger partial charge is 0.314 e. The third-order valence-corrected chi connectivity index (χ3v) is 13.8. The summed E-state index contributed by atoms with van der Waals surface area (Å²) >= 11 is 0. The lowest BCUT2D eigenvalue weighted by atomic mass is 9.74. The third kappa shape index (κ3) is 6.50. The normalized spacial score (nSPS) is 17.6. The number of para-hydroxylation sites is 1. The molecule has 1 unspecified atom stereocenters. The molecule has 62 heavy (non-hydrogen) atoms. The van der Waals surface area contributed by atoms with Crippen LogP contribution >= 0.6 is 0 Å². The molecule has 0 bridgehead atoms. The van der Waals surface area contributed by atoms with Crippen molar-refractivity contribution in [1.29, 1.82) is 0 Å². The highest BCUT2D eigenvalue weighted by Crippen LogP contribution is 2.51. The summed E-state index contributed by atoms with van der Waals surface area (Å²) in [5.74, 6) is 0.521. The summed E-state index contributed by atoms with van der Waals surface area (Å²) in [7, 11) is 0. The van der Waals surface area contributed by atoms with Crippen molar-refractivity contribution in [3.63, 3.8) is 0 Å². The minimum Gasteiger partial charge on any atom is -0.314 e. The van der Waals surface area contributed by atoms with Gasteiger partial charge < -0.3 is 14.4 Å². The topological polar surface area (TPSA) is 11.4 Å². The number of rotatable bonds is 8. The fourth-order valence-corrected chi connectivity index (χ4v) is 10.3. The van der Waals surface area contributed by atoms with Crippen LogP contribution < -0.4 is 9.80 Å². The second-order valence-corrected chi connectivity index (χ2v) is 18.2. The Bertz CT molecular complexity index is 3070. The molecule has 6 aromatic carbocycles. The number of aromatic nitrogens is 1. The van der Waals surface area contributed by atoms with Crippen molar-refractivity contribution in [2.75, 3.05) is 9.80 Å². The summed E-state index contributed by atoms with van der Waals surface area (Å²) in [5.41, 5.74) is 20.1. The summed E-state index contributed by atoms with van der Waals surface area (Å²) in [6, 6.07) is 50.4. The number of anilines is 4. The van der Waals surface area contributed by atoms with Gasteiger partial charge in [-0.15, -0.1) is 0 Å². The Hall–Kier alpha value is -6.84. The van der Waals surface area contributed by atoms with E-state index >= 15 is 0 Å². The predicted octanol–water partition coefficient (Wildman–Crippen LogP) is 16.0. The van der Waals surface area contributed by atoms with Gasteiger partial charge >= 0.3 is 0 Å². The molecule has 0 spiro atoms. The first-order valence-electron chi connectivity index (χ1n) is 22.5. The summed E-state index contributed by atoms with van der Waals surface area (Å²) in [4.78, 5) is 5.00. The minimum atomic E-state index is -0.232. The molecular formula is C59H53N3. The van der Waals surface area contributed by atoms with Gasteiger partial charge in [0.15, 0.2) is 0 Å². The maximum absolute atomic E-state index is 2.55. The maximum atomic E-state index is 2.55. The number of fused-ring (bicyclic) bond motifs is 5. The van der Waals surface area contributed by atoms with Crippen LogP contribution in [0.25, 0.3) is 38.6 Å². The number of nitrogens with zero attached hydrogens (tertiary/aromatic N) is 3. The van der Waals surface area contributed by atoms with Gasteiger partial charge in [-0.05, 0) is 151 Å². The Morgan fingerprint density at radius 2 is 1.32 bits per heavy atom. The van der Waals surface area contributed by atoms with Crippen molar-refractivity contribution in [3.8, 4) is 5.69 Å². The lowest BCUT2D eigenvalue weighted by Gasteiger charge is -2.36. The number of hydrogen-bond donors (Lipinski definition) is 0. The zero-order chi connectivity index (χ0) is 42.0. The van der Waals surface area contributed by atoms with Gasteiger partial charge in [-0.25, -0.2) is 0 Å². The van der Waals surface area contributed by atoms with E-state index in [1.54, 1.807) is 0 Å². The van der Waals surface area contributed by atoms with Crippen LogP contribution in [0, 0.1) is 12.8 Å². The molecule has 1 aliphatic heterocycles. The molecule has 3 aliphatic carbocycles. The lowest BCUT2D eigenvalue weighted by molar-refractivity contribution is 0.630. The second-order valence-electron chi connectivity index (χ2n) is 18.2. The monoisotopic (exact) mass is 803 g/mol. The Morgan fingerprint density at radius 3 is 2.06 bits per heavy atom. The van der Waals surface area contributed by atoms with Gasteiger partial charge in [0, 0.05) is 50.3 Å².